The van der Waals surface area contributed by atoms with Crippen molar-refractivity contribution < 1.29 is 8.42 Å². The van der Waals surface area contributed by atoms with E-state index in [4.69, 9.17) is 0 Å². The lowest BCUT2D eigenvalue weighted by Gasteiger charge is -2.31. The van der Waals surface area contributed by atoms with E-state index in [0.717, 1.165) is 38.8 Å². The third-order valence-corrected chi connectivity index (χ3v) is 5.98. The van der Waals surface area contributed by atoms with E-state index >= 15 is 0 Å². The monoisotopic (exact) mass is 248 g/mol. The first-order chi connectivity index (χ1) is 7.54. The van der Waals surface area contributed by atoms with Gasteiger partial charge in [0.05, 0.1) is 5.25 Å². The Morgan fingerprint density at radius 2 is 1.75 bits per heavy atom. The van der Waals surface area contributed by atoms with Crippen molar-refractivity contribution in [3.05, 3.63) is 0 Å². The second-order valence-corrected chi connectivity index (χ2v) is 6.75. The van der Waals surface area contributed by atoms with E-state index in [1.54, 1.807) is 11.4 Å². The van der Waals surface area contributed by atoms with E-state index in [9.17, 15) is 8.42 Å². The molecule has 0 spiro atoms. The summed E-state index contributed by atoms with van der Waals surface area (Å²) in [4.78, 5) is 0. The molecule has 0 unspecified atom stereocenters. The zero-order chi connectivity index (χ0) is 12.2. The number of nitrogens with zero attached hydrogens (tertiary/aromatic N) is 1. The molecule has 0 aliphatic carbocycles. The van der Waals surface area contributed by atoms with Gasteiger partial charge in [-0.15, -0.1) is 0 Å². The highest BCUT2D eigenvalue weighted by atomic mass is 32.2. The predicted octanol–water partition coefficient (Wildman–Crippen LogP) is 1.19. The minimum absolute atomic E-state index is 0.153. The number of piperidine rings is 1. The van der Waals surface area contributed by atoms with Gasteiger partial charge in [-0.3, -0.25) is 0 Å². The van der Waals surface area contributed by atoms with Crippen molar-refractivity contribution in [1.29, 1.82) is 0 Å². The van der Waals surface area contributed by atoms with E-state index in [2.05, 4.69) is 5.32 Å². The van der Waals surface area contributed by atoms with Crippen LogP contribution in [0.3, 0.4) is 0 Å². The summed E-state index contributed by atoms with van der Waals surface area (Å²) < 4.78 is 26.3. The van der Waals surface area contributed by atoms with Crippen molar-refractivity contribution in [3.8, 4) is 0 Å². The summed E-state index contributed by atoms with van der Waals surface area (Å²) in [7, 11) is -1.36. The first-order valence-corrected chi connectivity index (χ1v) is 7.71. The zero-order valence-corrected chi connectivity index (χ0v) is 11.4. The Balaban J connectivity index is 2.74. The number of rotatable bonds is 5. The van der Waals surface area contributed by atoms with Crippen LogP contribution in [0.1, 0.15) is 39.5 Å². The summed E-state index contributed by atoms with van der Waals surface area (Å²) >= 11 is 0. The van der Waals surface area contributed by atoms with Gasteiger partial charge in [0, 0.05) is 13.1 Å². The summed E-state index contributed by atoms with van der Waals surface area (Å²) in [5, 5.41) is 3.02. The molecule has 0 amide bonds. The minimum atomic E-state index is -3.09. The molecule has 1 saturated heterocycles. The van der Waals surface area contributed by atoms with Crippen LogP contribution in [0.4, 0.5) is 0 Å². The van der Waals surface area contributed by atoms with Crippen LogP contribution in [0, 0.1) is 0 Å². The third-order valence-electron chi connectivity index (χ3n) is 3.57. The predicted molar refractivity (Wildman–Crippen MR) is 66.9 cm³/mol. The first-order valence-electron chi connectivity index (χ1n) is 6.21. The average molecular weight is 248 g/mol. The largest absolute Gasteiger partial charge is 0.317 e. The van der Waals surface area contributed by atoms with Crippen LogP contribution < -0.4 is 5.32 Å². The van der Waals surface area contributed by atoms with Crippen LogP contribution in [-0.2, 0) is 10.0 Å². The maximum absolute atomic E-state index is 12.3. The first kappa shape index (κ1) is 13.9. The van der Waals surface area contributed by atoms with Gasteiger partial charge in [-0.05, 0) is 38.8 Å². The van der Waals surface area contributed by atoms with E-state index in [0.29, 0.717) is 0 Å². The van der Waals surface area contributed by atoms with Crippen LogP contribution >= 0.6 is 0 Å². The van der Waals surface area contributed by atoms with Crippen LogP contribution in [0.2, 0.25) is 0 Å². The molecule has 0 saturated carbocycles. The summed E-state index contributed by atoms with van der Waals surface area (Å²) in [6.45, 7) is 5.73. The Kier molecular flexibility index (Phi) is 5.21. The molecule has 0 aromatic heterocycles. The summed E-state index contributed by atoms with van der Waals surface area (Å²) in [6.07, 6.45) is 3.26. The SMILES string of the molecule is CCC(CC)N(C)S(=O)(=O)C1CCNCC1. The molecule has 1 aliphatic heterocycles. The maximum Gasteiger partial charge on any atom is 0.217 e. The molecule has 5 heteroatoms. The number of nitrogens with one attached hydrogen (secondary N) is 1. The van der Waals surface area contributed by atoms with Crippen molar-refractivity contribution in [3.63, 3.8) is 0 Å². The smallest absolute Gasteiger partial charge is 0.217 e. The fourth-order valence-corrected chi connectivity index (χ4v) is 4.35. The second kappa shape index (κ2) is 5.98. The molecular formula is C11H24N2O2S. The maximum atomic E-state index is 12.3. The van der Waals surface area contributed by atoms with Gasteiger partial charge in [-0.1, -0.05) is 13.8 Å². The van der Waals surface area contributed by atoms with Crippen LogP contribution in [0.15, 0.2) is 0 Å². The fourth-order valence-electron chi connectivity index (χ4n) is 2.34. The van der Waals surface area contributed by atoms with Gasteiger partial charge in [0.1, 0.15) is 0 Å². The van der Waals surface area contributed by atoms with E-state index in [1.165, 1.54) is 0 Å². The van der Waals surface area contributed by atoms with Crippen molar-refractivity contribution in [2.45, 2.75) is 50.8 Å². The summed E-state index contributed by atoms with van der Waals surface area (Å²) in [5.74, 6) is 0. The van der Waals surface area contributed by atoms with Crippen molar-refractivity contribution in [1.82, 2.24) is 9.62 Å². The van der Waals surface area contributed by atoms with Gasteiger partial charge in [0.15, 0.2) is 0 Å². The van der Waals surface area contributed by atoms with Gasteiger partial charge in [0.2, 0.25) is 10.0 Å². The van der Waals surface area contributed by atoms with Crippen molar-refractivity contribution in [2.24, 2.45) is 0 Å². The molecule has 0 aromatic rings. The van der Waals surface area contributed by atoms with Gasteiger partial charge in [-0.2, -0.15) is 0 Å². The highest BCUT2D eigenvalue weighted by molar-refractivity contribution is 7.89. The van der Waals surface area contributed by atoms with Crippen molar-refractivity contribution in [2.75, 3.05) is 20.1 Å². The fraction of sp³-hybridized carbons (Fsp3) is 1.00. The van der Waals surface area contributed by atoms with E-state index in [1.807, 2.05) is 13.8 Å². The van der Waals surface area contributed by atoms with Gasteiger partial charge < -0.3 is 5.32 Å². The zero-order valence-electron chi connectivity index (χ0n) is 10.6. The molecule has 1 rings (SSSR count). The van der Waals surface area contributed by atoms with Gasteiger partial charge in [0.25, 0.3) is 0 Å². The molecule has 0 atom stereocenters. The van der Waals surface area contributed by atoms with Crippen LogP contribution in [-0.4, -0.2) is 44.2 Å². The topological polar surface area (TPSA) is 49.4 Å². The normalized spacial score (nSPS) is 19.6. The van der Waals surface area contributed by atoms with E-state index < -0.39 is 10.0 Å². The molecule has 1 heterocycles. The molecule has 0 radical (unpaired) electrons. The summed E-state index contributed by atoms with van der Waals surface area (Å²) in [5.41, 5.74) is 0. The number of hydrogen-bond donors (Lipinski definition) is 1. The molecule has 0 bridgehead atoms. The highest BCUT2D eigenvalue weighted by Gasteiger charge is 2.33. The highest BCUT2D eigenvalue weighted by Crippen LogP contribution is 2.20. The van der Waals surface area contributed by atoms with Crippen LogP contribution in [0.5, 0.6) is 0 Å². The molecule has 0 aromatic carbocycles. The van der Waals surface area contributed by atoms with Gasteiger partial charge in [-0.25, -0.2) is 12.7 Å². The number of hydrogen-bond acceptors (Lipinski definition) is 3. The molecular weight excluding hydrogens is 224 g/mol. The third kappa shape index (κ3) is 2.96. The van der Waals surface area contributed by atoms with Gasteiger partial charge >= 0.3 is 0 Å². The molecule has 4 nitrogen and oxygen atoms in total. The summed E-state index contributed by atoms with van der Waals surface area (Å²) in [6, 6.07) is 0.153. The molecule has 96 valence electrons. The molecule has 1 N–H and O–H groups in total. The Morgan fingerprint density at radius 3 is 2.19 bits per heavy atom. The van der Waals surface area contributed by atoms with Crippen LogP contribution in [0.25, 0.3) is 0 Å². The Hall–Kier alpha value is -0.130. The Morgan fingerprint density at radius 1 is 1.25 bits per heavy atom. The molecule has 1 fully saturated rings. The lowest BCUT2D eigenvalue weighted by molar-refractivity contribution is 0.339. The standard InChI is InChI=1S/C11H24N2O2S/c1-4-10(5-2)13(3)16(14,15)11-6-8-12-9-7-11/h10-12H,4-9H2,1-3H3. The molecule has 16 heavy (non-hydrogen) atoms. The van der Waals surface area contributed by atoms with Crippen molar-refractivity contribution >= 4 is 10.0 Å². The molecule has 1 aliphatic rings. The minimum Gasteiger partial charge on any atom is -0.317 e. The number of sulfonamides is 1. The lowest BCUT2D eigenvalue weighted by atomic mass is 10.2. The average Bonchev–Trinajstić information content (AvgIpc) is 2.31. The quantitative estimate of drug-likeness (QED) is 0.795. The lowest BCUT2D eigenvalue weighted by Crippen LogP contribution is -2.45. The Labute approximate surface area is 99.5 Å². The Bertz CT molecular complexity index is 293. The van der Waals surface area contributed by atoms with E-state index in [-0.39, 0.29) is 11.3 Å². The second-order valence-electron chi connectivity index (χ2n) is 4.48.